The zero-order valence-electron chi connectivity index (χ0n) is 10.7. The van der Waals surface area contributed by atoms with Gasteiger partial charge >= 0.3 is 0 Å². The lowest BCUT2D eigenvalue weighted by Crippen LogP contribution is -2.12. The molecule has 0 unspecified atom stereocenters. The van der Waals surface area contributed by atoms with E-state index in [0.717, 1.165) is 27.9 Å². The van der Waals surface area contributed by atoms with Gasteiger partial charge in [0.05, 0.1) is 6.10 Å². The molecule has 0 aliphatic carbocycles. The van der Waals surface area contributed by atoms with Crippen molar-refractivity contribution in [1.29, 1.82) is 0 Å². The van der Waals surface area contributed by atoms with Gasteiger partial charge in [-0.25, -0.2) is 4.98 Å². The number of thiocarbonyl (C=S) groups is 1. The van der Waals surface area contributed by atoms with Crippen molar-refractivity contribution in [2.45, 2.75) is 26.9 Å². The summed E-state index contributed by atoms with van der Waals surface area (Å²) >= 11 is 5.09. The topological polar surface area (TPSA) is 48.1 Å². The lowest BCUT2D eigenvalue weighted by molar-refractivity contribution is 0.245. The smallest absolute Gasteiger partial charge is 0.145 e. The maximum absolute atomic E-state index is 5.77. The molecule has 0 saturated carbocycles. The van der Waals surface area contributed by atoms with Crippen LogP contribution in [0.1, 0.15) is 25.1 Å². The summed E-state index contributed by atoms with van der Waals surface area (Å²) in [4.78, 5) is 4.91. The molecule has 3 nitrogen and oxygen atoms in total. The summed E-state index contributed by atoms with van der Waals surface area (Å²) < 4.78 is 5.77. The van der Waals surface area contributed by atoms with Crippen LogP contribution in [0.4, 0.5) is 0 Å². The van der Waals surface area contributed by atoms with E-state index in [1.165, 1.54) is 0 Å². The average molecular weight is 260 g/mol. The molecule has 0 bridgehead atoms. The first-order valence-corrected chi connectivity index (χ1v) is 6.26. The Morgan fingerprint density at radius 2 is 2.11 bits per heavy atom. The summed E-state index contributed by atoms with van der Waals surface area (Å²) in [5.41, 5.74) is 8.31. The molecule has 18 heavy (non-hydrogen) atoms. The molecule has 94 valence electrons. The Kier molecular flexibility index (Phi) is 3.48. The lowest BCUT2D eigenvalue weighted by Gasteiger charge is -2.13. The molecule has 0 radical (unpaired) electrons. The quantitative estimate of drug-likeness (QED) is 0.862. The van der Waals surface area contributed by atoms with Crippen molar-refractivity contribution >= 4 is 28.1 Å². The van der Waals surface area contributed by atoms with Gasteiger partial charge in [-0.3, -0.25) is 0 Å². The Balaban J connectivity index is 2.73. The highest BCUT2D eigenvalue weighted by Gasteiger charge is 2.11. The van der Waals surface area contributed by atoms with Crippen LogP contribution >= 0.6 is 12.2 Å². The number of nitrogens with zero attached hydrogens (tertiary/aromatic N) is 1. The molecular formula is C14H16N2OS. The van der Waals surface area contributed by atoms with Crippen LogP contribution in [0, 0.1) is 6.92 Å². The van der Waals surface area contributed by atoms with E-state index < -0.39 is 0 Å². The monoisotopic (exact) mass is 260 g/mol. The zero-order chi connectivity index (χ0) is 13.3. The molecule has 4 heteroatoms. The van der Waals surface area contributed by atoms with E-state index in [-0.39, 0.29) is 6.10 Å². The van der Waals surface area contributed by atoms with Gasteiger partial charge in [0.1, 0.15) is 16.3 Å². The molecule has 1 aromatic carbocycles. The second-order valence-corrected chi connectivity index (χ2v) is 4.93. The van der Waals surface area contributed by atoms with Gasteiger partial charge in [-0.05, 0) is 32.9 Å². The highest BCUT2D eigenvalue weighted by molar-refractivity contribution is 7.80. The molecule has 2 aromatic rings. The molecule has 1 aromatic heterocycles. The predicted octanol–water partition coefficient (Wildman–Crippen LogP) is 2.96. The van der Waals surface area contributed by atoms with Crippen molar-refractivity contribution in [3.63, 3.8) is 0 Å². The van der Waals surface area contributed by atoms with Crippen molar-refractivity contribution in [2.75, 3.05) is 0 Å². The Labute approximate surface area is 112 Å². The Morgan fingerprint density at radius 1 is 1.39 bits per heavy atom. The molecule has 0 amide bonds. The number of rotatable bonds is 3. The minimum Gasteiger partial charge on any atom is -0.489 e. The van der Waals surface area contributed by atoms with Gasteiger partial charge in [-0.1, -0.05) is 24.4 Å². The van der Waals surface area contributed by atoms with E-state index in [2.05, 4.69) is 4.98 Å². The van der Waals surface area contributed by atoms with Crippen LogP contribution in [-0.2, 0) is 0 Å². The summed E-state index contributed by atoms with van der Waals surface area (Å²) in [6.45, 7) is 5.90. The number of pyridine rings is 1. The predicted molar refractivity (Wildman–Crippen MR) is 78.1 cm³/mol. The molecule has 0 saturated heterocycles. The molecule has 2 rings (SSSR count). The van der Waals surface area contributed by atoms with E-state index in [0.29, 0.717) is 4.99 Å². The number of fused-ring (bicyclic) bond motifs is 1. The van der Waals surface area contributed by atoms with Crippen LogP contribution < -0.4 is 10.5 Å². The molecule has 0 atom stereocenters. The van der Waals surface area contributed by atoms with Gasteiger partial charge in [-0.2, -0.15) is 0 Å². The summed E-state index contributed by atoms with van der Waals surface area (Å²) in [5.74, 6) is 0.767. The molecule has 0 aliphatic heterocycles. The number of hydrogen-bond donors (Lipinski definition) is 1. The number of nitrogens with two attached hydrogens (primary N) is 1. The Bertz CT molecular complexity index is 608. The zero-order valence-corrected chi connectivity index (χ0v) is 11.5. The number of aryl methyl sites for hydroxylation is 1. The molecule has 0 spiro atoms. The first-order valence-electron chi connectivity index (χ1n) is 5.86. The third-order valence-electron chi connectivity index (χ3n) is 2.56. The van der Waals surface area contributed by atoms with Gasteiger partial charge < -0.3 is 10.5 Å². The third kappa shape index (κ3) is 2.43. The fraction of sp³-hybridized carbons (Fsp3) is 0.286. The third-order valence-corrected chi connectivity index (χ3v) is 2.78. The number of benzene rings is 1. The highest BCUT2D eigenvalue weighted by Crippen LogP contribution is 2.27. The van der Waals surface area contributed by atoms with Crippen LogP contribution in [0.2, 0.25) is 0 Å². The first-order chi connectivity index (χ1) is 8.49. The number of aromatic nitrogens is 1. The molecule has 0 aliphatic rings. The van der Waals surface area contributed by atoms with Crippen molar-refractivity contribution in [3.8, 4) is 5.75 Å². The minimum absolute atomic E-state index is 0.103. The van der Waals surface area contributed by atoms with E-state index in [9.17, 15) is 0 Å². The van der Waals surface area contributed by atoms with Crippen LogP contribution in [0.3, 0.4) is 0 Å². The van der Waals surface area contributed by atoms with Crippen LogP contribution in [0.5, 0.6) is 5.75 Å². The fourth-order valence-corrected chi connectivity index (χ4v) is 2.07. The molecular weight excluding hydrogens is 244 g/mol. The maximum Gasteiger partial charge on any atom is 0.145 e. The summed E-state index contributed by atoms with van der Waals surface area (Å²) in [6.07, 6.45) is 0.103. The highest BCUT2D eigenvalue weighted by atomic mass is 32.1. The van der Waals surface area contributed by atoms with Crippen molar-refractivity contribution < 1.29 is 4.74 Å². The number of para-hydroxylation sites is 1. The summed E-state index contributed by atoms with van der Waals surface area (Å²) in [5, 5.41) is 0.936. The van der Waals surface area contributed by atoms with Gasteiger partial charge in [-0.15, -0.1) is 0 Å². The van der Waals surface area contributed by atoms with Gasteiger partial charge in [0, 0.05) is 16.6 Å². The largest absolute Gasteiger partial charge is 0.489 e. The first kappa shape index (κ1) is 12.8. The second-order valence-electron chi connectivity index (χ2n) is 4.49. The van der Waals surface area contributed by atoms with Gasteiger partial charge in [0.2, 0.25) is 0 Å². The lowest BCUT2D eigenvalue weighted by atomic mass is 10.1. The normalized spacial score (nSPS) is 10.9. The standard InChI is InChI=1S/C14H16N2OS/c1-8(2)17-12-6-4-5-10-11(14(15)18)7-9(3)16-13(10)12/h4-8H,1-3H3,(H2,15,18). The minimum atomic E-state index is 0.103. The van der Waals surface area contributed by atoms with E-state index in [1.54, 1.807) is 0 Å². The maximum atomic E-state index is 5.77. The van der Waals surface area contributed by atoms with Gasteiger partial charge in [0.15, 0.2) is 0 Å². The van der Waals surface area contributed by atoms with E-state index in [4.69, 9.17) is 22.7 Å². The van der Waals surface area contributed by atoms with E-state index in [1.807, 2.05) is 45.0 Å². The average Bonchev–Trinajstić information content (AvgIpc) is 2.28. The summed E-state index contributed by atoms with van der Waals surface area (Å²) in [7, 11) is 0. The fourth-order valence-electron chi connectivity index (χ4n) is 1.90. The Morgan fingerprint density at radius 3 is 2.72 bits per heavy atom. The molecule has 1 heterocycles. The summed E-state index contributed by atoms with van der Waals surface area (Å²) in [6, 6.07) is 7.71. The Hall–Kier alpha value is -1.68. The van der Waals surface area contributed by atoms with Crippen LogP contribution in [0.25, 0.3) is 10.9 Å². The van der Waals surface area contributed by atoms with Crippen molar-refractivity contribution in [3.05, 3.63) is 35.5 Å². The number of hydrogen-bond acceptors (Lipinski definition) is 3. The van der Waals surface area contributed by atoms with Crippen molar-refractivity contribution in [1.82, 2.24) is 4.98 Å². The van der Waals surface area contributed by atoms with E-state index >= 15 is 0 Å². The molecule has 0 fully saturated rings. The molecule has 2 N–H and O–H groups in total. The van der Waals surface area contributed by atoms with Gasteiger partial charge in [0.25, 0.3) is 0 Å². The number of ether oxygens (including phenoxy) is 1. The van der Waals surface area contributed by atoms with Crippen LogP contribution in [0.15, 0.2) is 24.3 Å². The van der Waals surface area contributed by atoms with Crippen LogP contribution in [-0.4, -0.2) is 16.1 Å². The second kappa shape index (κ2) is 4.90. The SMILES string of the molecule is Cc1cc(C(N)=S)c2cccc(OC(C)C)c2n1. The van der Waals surface area contributed by atoms with Crippen molar-refractivity contribution in [2.24, 2.45) is 5.73 Å².